The van der Waals surface area contributed by atoms with Gasteiger partial charge in [-0.3, -0.25) is 4.79 Å². The van der Waals surface area contributed by atoms with E-state index in [-0.39, 0.29) is 5.91 Å². The number of quaternary nitrogens is 1. The topological polar surface area (TPSA) is 62.1 Å². The molecular weight excluding hydrogens is 314 g/mol. The summed E-state index contributed by atoms with van der Waals surface area (Å²) in [6.07, 6.45) is 0.714. The first-order valence-electron chi connectivity index (χ1n) is 8.18. The lowest BCUT2D eigenvalue weighted by molar-refractivity contribution is -0.901. The number of carbonyl (C=O) groups excluding carboxylic acids is 1. The van der Waals surface area contributed by atoms with E-state index in [1.54, 1.807) is 27.4 Å². The van der Waals surface area contributed by atoms with Crippen LogP contribution in [0.5, 0.6) is 0 Å². The van der Waals surface area contributed by atoms with Gasteiger partial charge in [0, 0.05) is 19.2 Å². The molecule has 0 radical (unpaired) electrons. The van der Waals surface area contributed by atoms with Crippen molar-refractivity contribution in [3.63, 3.8) is 0 Å². The van der Waals surface area contributed by atoms with E-state index in [1.165, 1.54) is 11.8 Å². The monoisotopic (exact) mass is 338 g/mol. The lowest BCUT2D eigenvalue weighted by atomic mass is 10.2. The smallest absolute Gasteiger partial charge is 0.243 e. The van der Waals surface area contributed by atoms with Gasteiger partial charge in [0.05, 0.1) is 37.6 Å². The Hall–Kier alpha value is -1.44. The zero-order valence-electron chi connectivity index (χ0n) is 13.7. The molecule has 1 N–H and O–H groups in total. The maximum absolute atomic E-state index is 12.8. The summed E-state index contributed by atoms with van der Waals surface area (Å²) in [6.45, 7) is 8.19. The predicted octanol–water partition coefficient (Wildman–Crippen LogP) is -0.495. The molecule has 0 aliphatic carbocycles. The SMILES string of the molecule is CC[NH+]1CCN(S(=O)(=O)c2ccc3c(c2)CCN3C(C)=O)CC1. The molecule has 1 fully saturated rings. The molecule has 6 nitrogen and oxygen atoms in total. The van der Waals surface area contributed by atoms with E-state index < -0.39 is 10.0 Å². The molecule has 1 amide bonds. The average molecular weight is 338 g/mol. The Morgan fingerprint density at radius 2 is 1.91 bits per heavy atom. The van der Waals surface area contributed by atoms with Gasteiger partial charge in [0.1, 0.15) is 0 Å². The molecular formula is C16H24N3O3S+. The van der Waals surface area contributed by atoms with Crippen molar-refractivity contribution in [2.24, 2.45) is 0 Å². The fourth-order valence-electron chi connectivity index (χ4n) is 3.41. The summed E-state index contributed by atoms with van der Waals surface area (Å²) in [5, 5.41) is 0. The van der Waals surface area contributed by atoms with Gasteiger partial charge in [-0.1, -0.05) is 0 Å². The van der Waals surface area contributed by atoms with Crippen molar-refractivity contribution < 1.29 is 18.1 Å². The normalized spacial score (nSPS) is 19.8. The standard InChI is InChI=1S/C16H23N3O3S/c1-3-17-8-10-18(11-9-17)23(21,22)15-4-5-16-14(12-15)6-7-19(16)13(2)20/h4-5,12H,3,6-11H2,1-2H3/p+1. The Kier molecular flexibility index (Phi) is 4.44. The maximum Gasteiger partial charge on any atom is 0.243 e. The number of carbonyl (C=O) groups is 1. The van der Waals surface area contributed by atoms with Crippen LogP contribution in [-0.4, -0.2) is 57.9 Å². The number of benzene rings is 1. The zero-order valence-corrected chi connectivity index (χ0v) is 14.5. The number of nitrogens with one attached hydrogen (secondary N) is 1. The summed E-state index contributed by atoms with van der Waals surface area (Å²) in [4.78, 5) is 15.1. The summed E-state index contributed by atoms with van der Waals surface area (Å²) in [6, 6.07) is 5.14. The third kappa shape index (κ3) is 3.00. The van der Waals surface area contributed by atoms with Crippen LogP contribution in [0.1, 0.15) is 19.4 Å². The molecule has 2 aliphatic heterocycles. The molecule has 126 valence electrons. The van der Waals surface area contributed by atoms with Crippen molar-refractivity contribution in [2.75, 3.05) is 44.2 Å². The first-order valence-corrected chi connectivity index (χ1v) is 9.62. The number of hydrogen-bond acceptors (Lipinski definition) is 3. The Bertz CT molecular complexity index is 709. The molecule has 0 unspecified atom stereocenters. The fourth-order valence-corrected chi connectivity index (χ4v) is 4.90. The van der Waals surface area contributed by atoms with Crippen molar-refractivity contribution in [1.82, 2.24) is 4.31 Å². The van der Waals surface area contributed by atoms with Gasteiger partial charge in [-0.15, -0.1) is 0 Å². The van der Waals surface area contributed by atoms with Crippen molar-refractivity contribution in [3.8, 4) is 0 Å². The van der Waals surface area contributed by atoms with Crippen LogP contribution in [0, 0.1) is 0 Å². The molecule has 1 aromatic rings. The molecule has 2 aliphatic rings. The highest BCUT2D eigenvalue weighted by atomic mass is 32.2. The van der Waals surface area contributed by atoms with Crippen LogP contribution < -0.4 is 9.80 Å². The summed E-state index contributed by atoms with van der Waals surface area (Å²) in [5.74, 6) is -0.00183. The van der Waals surface area contributed by atoms with Gasteiger partial charge in [-0.25, -0.2) is 8.42 Å². The van der Waals surface area contributed by atoms with Gasteiger partial charge in [0.15, 0.2) is 0 Å². The van der Waals surface area contributed by atoms with E-state index in [9.17, 15) is 13.2 Å². The van der Waals surface area contributed by atoms with E-state index in [0.29, 0.717) is 31.0 Å². The quantitative estimate of drug-likeness (QED) is 0.809. The Morgan fingerprint density at radius 1 is 1.22 bits per heavy atom. The molecule has 0 atom stereocenters. The van der Waals surface area contributed by atoms with E-state index in [4.69, 9.17) is 0 Å². The molecule has 0 saturated carbocycles. The van der Waals surface area contributed by atoms with Gasteiger partial charge in [0.25, 0.3) is 0 Å². The molecule has 23 heavy (non-hydrogen) atoms. The second-order valence-corrected chi connectivity index (χ2v) is 8.16. The molecule has 0 bridgehead atoms. The molecule has 7 heteroatoms. The minimum atomic E-state index is -3.44. The lowest BCUT2D eigenvalue weighted by Crippen LogP contribution is -3.14. The number of piperazine rings is 1. The van der Waals surface area contributed by atoms with Crippen LogP contribution in [0.25, 0.3) is 0 Å². The lowest BCUT2D eigenvalue weighted by Gasteiger charge is -2.31. The molecule has 0 aromatic heterocycles. The average Bonchev–Trinajstić information content (AvgIpc) is 2.98. The minimum absolute atomic E-state index is 0.00183. The first kappa shape index (κ1) is 16.4. The highest BCUT2D eigenvalue weighted by molar-refractivity contribution is 7.89. The van der Waals surface area contributed by atoms with E-state index in [2.05, 4.69) is 6.92 Å². The van der Waals surface area contributed by atoms with E-state index >= 15 is 0 Å². The van der Waals surface area contributed by atoms with Gasteiger partial charge in [-0.05, 0) is 37.1 Å². The van der Waals surface area contributed by atoms with E-state index in [1.807, 2.05) is 0 Å². The predicted molar refractivity (Wildman–Crippen MR) is 88.2 cm³/mol. The fraction of sp³-hybridized carbons (Fsp3) is 0.562. The zero-order chi connectivity index (χ0) is 16.6. The highest BCUT2D eigenvalue weighted by Gasteiger charge is 2.31. The first-order chi connectivity index (χ1) is 10.9. The number of rotatable bonds is 3. The molecule has 2 heterocycles. The van der Waals surface area contributed by atoms with Crippen LogP contribution in [0.15, 0.2) is 23.1 Å². The Balaban J connectivity index is 1.83. The number of fused-ring (bicyclic) bond motifs is 1. The molecule has 3 rings (SSSR count). The van der Waals surface area contributed by atoms with Gasteiger partial charge in [0.2, 0.25) is 15.9 Å². The van der Waals surface area contributed by atoms with Gasteiger partial charge >= 0.3 is 0 Å². The number of amides is 1. The van der Waals surface area contributed by atoms with Crippen LogP contribution in [0.4, 0.5) is 5.69 Å². The highest BCUT2D eigenvalue weighted by Crippen LogP contribution is 2.31. The molecule has 1 saturated heterocycles. The van der Waals surface area contributed by atoms with Crippen molar-refractivity contribution in [1.29, 1.82) is 0 Å². The number of sulfonamides is 1. The van der Waals surface area contributed by atoms with E-state index in [0.717, 1.165) is 30.9 Å². The second-order valence-electron chi connectivity index (χ2n) is 6.22. The summed E-state index contributed by atoms with van der Waals surface area (Å²) < 4.78 is 27.3. The summed E-state index contributed by atoms with van der Waals surface area (Å²) in [5.41, 5.74) is 1.79. The summed E-state index contributed by atoms with van der Waals surface area (Å²) in [7, 11) is -3.44. The van der Waals surface area contributed by atoms with Crippen LogP contribution >= 0.6 is 0 Å². The number of likely N-dealkylation sites (N-methyl/N-ethyl adjacent to an activating group) is 1. The third-order valence-electron chi connectivity index (χ3n) is 4.89. The van der Waals surface area contributed by atoms with Crippen molar-refractivity contribution in [2.45, 2.75) is 25.2 Å². The molecule has 1 aromatic carbocycles. The maximum atomic E-state index is 12.8. The number of anilines is 1. The minimum Gasteiger partial charge on any atom is -0.333 e. The Morgan fingerprint density at radius 3 is 2.52 bits per heavy atom. The molecule has 0 spiro atoms. The third-order valence-corrected chi connectivity index (χ3v) is 6.79. The second kappa shape index (κ2) is 6.22. The Labute approximate surface area is 137 Å². The number of nitrogens with zero attached hydrogens (tertiary/aromatic N) is 2. The largest absolute Gasteiger partial charge is 0.333 e. The van der Waals surface area contributed by atoms with Crippen molar-refractivity contribution in [3.05, 3.63) is 23.8 Å². The van der Waals surface area contributed by atoms with Gasteiger partial charge in [-0.2, -0.15) is 4.31 Å². The van der Waals surface area contributed by atoms with Crippen LogP contribution in [0.3, 0.4) is 0 Å². The van der Waals surface area contributed by atoms with Crippen LogP contribution in [-0.2, 0) is 21.2 Å². The summed E-state index contributed by atoms with van der Waals surface area (Å²) >= 11 is 0. The van der Waals surface area contributed by atoms with Crippen LogP contribution in [0.2, 0.25) is 0 Å². The van der Waals surface area contributed by atoms with Gasteiger partial charge < -0.3 is 9.80 Å². The van der Waals surface area contributed by atoms with Crippen molar-refractivity contribution >= 4 is 21.6 Å². The number of hydrogen-bond donors (Lipinski definition) is 1.